The average Bonchev–Trinajstić information content (AvgIpc) is 2.39. The van der Waals surface area contributed by atoms with Crippen molar-refractivity contribution in [3.05, 3.63) is 65.5 Å². The van der Waals surface area contributed by atoms with Gasteiger partial charge < -0.3 is 10.5 Å². The molecule has 2 atom stereocenters. The number of benzene rings is 2. The molecule has 0 aliphatic carbocycles. The normalized spacial score (nSPS) is 13.8. The molecule has 2 rings (SSSR count). The van der Waals surface area contributed by atoms with Gasteiger partial charge in [0.05, 0.1) is 0 Å². The highest BCUT2D eigenvalue weighted by Crippen LogP contribution is 2.28. The molecule has 106 valence electrons. The lowest BCUT2D eigenvalue weighted by atomic mass is 10.0. The lowest BCUT2D eigenvalue weighted by molar-refractivity contribution is 0.168. The molecular formula is C15H14F3NO. The largest absolute Gasteiger partial charge is 0.481 e. The zero-order valence-corrected chi connectivity index (χ0v) is 10.8. The summed E-state index contributed by atoms with van der Waals surface area (Å²) in [5.74, 6) is -2.22. The number of hydrogen-bond donors (Lipinski definition) is 1. The number of halogens is 3. The van der Waals surface area contributed by atoms with E-state index in [1.807, 2.05) is 0 Å². The Morgan fingerprint density at radius 3 is 2.30 bits per heavy atom. The summed E-state index contributed by atoms with van der Waals surface area (Å²) < 4.78 is 45.6. The number of rotatable bonds is 4. The lowest BCUT2D eigenvalue weighted by Crippen LogP contribution is -2.30. The van der Waals surface area contributed by atoms with Crippen LogP contribution in [0.1, 0.15) is 18.6 Å². The molecule has 2 nitrogen and oxygen atoms in total. The van der Waals surface area contributed by atoms with Gasteiger partial charge in [0.1, 0.15) is 17.7 Å². The Hall–Kier alpha value is -2.01. The van der Waals surface area contributed by atoms with E-state index in [2.05, 4.69) is 0 Å². The molecule has 0 aliphatic heterocycles. The Morgan fingerprint density at radius 2 is 1.70 bits per heavy atom. The van der Waals surface area contributed by atoms with Crippen molar-refractivity contribution in [3.8, 4) is 5.75 Å². The summed E-state index contributed by atoms with van der Waals surface area (Å²) in [5.41, 5.74) is 6.01. The van der Waals surface area contributed by atoms with Crippen LogP contribution in [0.25, 0.3) is 0 Å². The van der Waals surface area contributed by atoms with Crippen molar-refractivity contribution >= 4 is 0 Å². The van der Waals surface area contributed by atoms with Crippen molar-refractivity contribution in [1.82, 2.24) is 0 Å². The predicted molar refractivity (Wildman–Crippen MR) is 69.8 cm³/mol. The molecule has 0 aromatic heterocycles. The van der Waals surface area contributed by atoms with Gasteiger partial charge in [-0.25, -0.2) is 13.2 Å². The van der Waals surface area contributed by atoms with E-state index < -0.39 is 29.6 Å². The summed E-state index contributed by atoms with van der Waals surface area (Å²) >= 11 is 0. The van der Waals surface area contributed by atoms with Gasteiger partial charge in [-0.2, -0.15) is 0 Å². The summed E-state index contributed by atoms with van der Waals surface area (Å²) in [5, 5.41) is 0. The minimum Gasteiger partial charge on any atom is -0.481 e. The Morgan fingerprint density at radius 1 is 1.00 bits per heavy atom. The molecule has 2 unspecified atom stereocenters. The maximum Gasteiger partial charge on any atom is 0.168 e. The molecule has 0 saturated carbocycles. The van der Waals surface area contributed by atoms with Crippen molar-refractivity contribution in [1.29, 1.82) is 0 Å². The minimum atomic E-state index is -0.865. The molecule has 0 bridgehead atoms. The Bertz CT molecular complexity index is 601. The Labute approximate surface area is 115 Å². The zero-order chi connectivity index (χ0) is 14.7. The Kier molecular flexibility index (Phi) is 4.29. The standard InChI is InChI=1S/C15H14F3NO/c1-9(19)15(11-4-2-3-5-12(11)17)20-14-7-6-10(16)8-13(14)18/h2-9,15H,19H2,1H3. The van der Waals surface area contributed by atoms with Crippen molar-refractivity contribution in [2.75, 3.05) is 0 Å². The fourth-order valence-electron chi connectivity index (χ4n) is 1.87. The van der Waals surface area contributed by atoms with Crippen LogP contribution in [0.5, 0.6) is 5.75 Å². The van der Waals surface area contributed by atoms with Gasteiger partial charge in [-0.15, -0.1) is 0 Å². The van der Waals surface area contributed by atoms with Gasteiger partial charge in [0, 0.05) is 17.7 Å². The van der Waals surface area contributed by atoms with Gasteiger partial charge >= 0.3 is 0 Å². The van der Waals surface area contributed by atoms with Crippen molar-refractivity contribution < 1.29 is 17.9 Å². The first-order chi connectivity index (χ1) is 9.49. The molecule has 0 fully saturated rings. The summed E-state index contributed by atoms with van der Waals surface area (Å²) in [7, 11) is 0. The van der Waals surface area contributed by atoms with E-state index in [-0.39, 0.29) is 11.3 Å². The lowest BCUT2D eigenvalue weighted by Gasteiger charge is -2.23. The van der Waals surface area contributed by atoms with E-state index in [1.165, 1.54) is 18.2 Å². The van der Waals surface area contributed by atoms with Crippen LogP contribution in [0.2, 0.25) is 0 Å². The van der Waals surface area contributed by atoms with Crippen LogP contribution in [-0.2, 0) is 0 Å². The second kappa shape index (κ2) is 5.96. The molecule has 0 aliphatic rings. The second-order valence-corrected chi connectivity index (χ2v) is 4.49. The minimum absolute atomic E-state index is 0.169. The van der Waals surface area contributed by atoms with Gasteiger partial charge in [-0.3, -0.25) is 0 Å². The van der Waals surface area contributed by atoms with E-state index in [9.17, 15) is 13.2 Å². The van der Waals surface area contributed by atoms with E-state index in [0.717, 1.165) is 12.1 Å². The topological polar surface area (TPSA) is 35.2 Å². The molecule has 2 aromatic rings. The van der Waals surface area contributed by atoms with Gasteiger partial charge in [0.15, 0.2) is 11.6 Å². The van der Waals surface area contributed by atoms with E-state index in [1.54, 1.807) is 13.0 Å². The Balaban J connectivity index is 2.33. The van der Waals surface area contributed by atoms with Gasteiger partial charge in [0.25, 0.3) is 0 Å². The number of ether oxygens (including phenoxy) is 1. The average molecular weight is 281 g/mol. The highest BCUT2D eigenvalue weighted by atomic mass is 19.1. The summed E-state index contributed by atoms with van der Waals surface area (Å²) in [6.45, 7) is 1.62. The fraction of sp³-hybridized carbons (Fsp3) is 0.200. The maximum absolute atomic E-state index is 13.8. The first-order valence-electron chi connectivity index (χ1n) is 6.10. The van der Waals surface area contributed by atoms with Gasteiger partial charge in [-0.1, -0.05) is 18.2 Å². The fourth-order valence-corrected chi connectivity index (χ4v) is 1.87. The van der Waals surface area contributed by atoms with Crippen LogP contribution in [0.15, 0.2) is 42.5 Å². The van der Waals surface area contributed by atoms with Crippen LogP contribution in [-0.4, -0.2) is 6.04 Å². The molecule has 20 heavy (non-hydrogen) atoms. The summed E-state index contributed by atoms with van der Waals surface area (Å²) in [4.78, 5) is 0. The quantitative estimate of drug-likeness (QED) is 0.929. The van der Waals surface area contributed by atoms with Crippen LogP contribution >= 0.6 is 0 Å². The predicted octanol–water partition coefficient (Wildman–Crippen LogP) is 3.57. The summed E-state index contributed by atoms with van der Waals surface area (Å²) in [6.07, 6.45) is -0.865. The molecular weight excluding hydrogens is 267 g/mol. The molecule has 0 amide bonds. The van der Waals surface area contributed by atoms with E-state index in [0.29, 0.717) is 6.07 Å². The van der Waals surface area contributed by atoms with Gasteiger partial charge in [0.2, 0.25) is 0 Å². The third-order valence-electron chi connectivity index (χ3n) is 2.84. The van der Waals surface area contributed by atoms with Crippen molar-refractivity contribution in [2.45, 2.75) is 19.1 Å². The van der Waals surface area contributed by atoms with Crippen LogP contribution in [0, 0.1) is 17.5 Å². The smallest absolute Gasteiger partial charge is 0.168 e. The van der Waals surface area contributed by atoms with Gasteiger partial charge in [-0.05, 0) is 25.1 Å². The monoisotopic (exact) mass is 281 g/mol. The first kappa shape index (κ1) is 14.4. The molecule has 0 heterocycles. The molecule has 2 aromatic carbocycles. The van der Waals surface area contributed by atoms with Crippen LogP contribution in [0.4, 0.5) is 13.2 Å². The SMILES string of the molecule is CC(N)C(Oc1ccc(F)cc1F)c1ccccc1F. The number of nitrogens with two attached hydrogens (primary N) is 1. The third kappa shape index (κ3) is 3.11. The third-order valence-corrected chi connectivity index (χ3v) is 2.84. The summed E-state index contributed by atoms with van der Waals surface area (Å²) in [6, 6.07) is 8.32. The number of hydrogen-bond acceptors (Lipinski definition) is 2. The second-order valence-electron chi connectivity index (χ2n) is 4.49. The zero-order valence-electron chi connectivity index (χ0n) is 10.8. The van der Waals surface area contributed by atoms with Crippen LogP contribution in [0.3, 0.4) is 0 Å². The molecule has 0 radical (unpaired) electrons. The van der Waals surface area contributed by atoms with Crippen molar-refractivity contribution in [3.63, 3.8) is 0 Å². The highest BCUT2D eigenvalue weighted by molar-refractivity contribution is 5.28. The molecule has 0 saturated heterocycles. The first-order valence-corrected chi connectivity index (χ1v) is 6.10. The molecule has 5 heteroatoms. The van der Waals surface area contributed by atoms with E-state index in [4.69, 9.17) is 10.5 Å². The molecule has 2 N–H and O–H groups in total. The van der Waals surface area contributed by atoms with Crippen molar-refractivity contribution in [2.24, 2.45) is 5.73 Å². The highest BCUT2D eigenvalue weighted by Gasteiger charge is 2.22. The van der Waals surface area contributed by atoms with E-state index >= 15 is 0 Å². The maximum atomic E-state index is 13.8. The molecule has 0 spiro atoms. The van der Waals surface area contributed by atoms with Crippen LogP contribution < -0.4 is 10.5 Å².